The number of rotatable bonds is 2. The molecule has 2 rings (SSSR count). The van der Waals surface area contributed by atoms with Gasteiger partial charge in [-0.25, -0.2) is 0 Å². The number of hydrogen-bond donors (Lipinski definition) is 0. The van der Waals surface area contributed by atoms with Gasteiger partial charge in [-0.15, -0.1) is 0 Å². The number of aryl methyl sites for hydroxylation is 1. The Bertz CT molecular complexity index is 639. The van der Waals surface area contributed by atoms with E-state index in [1.54, 1.807) is 24.3 Å². The number of benzene rings is 2. The second-order valence-corrected chi connectivity index (χ2v) is 4.86. The molecule has 88 valence electrons. The summed E-state index contributed by atoms with van der Waals surface area (Å²) in [6, 6.07) is 14.5. The first-order chi connectivity index (χ1) is 8.63. The molecular weight excluding hydrogens is 290 g/mol. The summed E-state index contributed by atoms with van der Waals surface area (Å²) in [5.74, 6) is -0.114. The Balaban J connectivity index is 2.53. The smallest absolute Gasteiger partial charge is 0.194 e. The number of carbonyl (C=O) groups excluding carboxylic acids is 1. The van der Waals surface area contributed by atoms with E-state index in [0.717, 1.165) is 10.0 Å². The molecule has 3 heteroatoms. The molecule has 0 heterocycles. The molecule has 0 saturated carbocycles. The van der Waals surface area contributed by atoms with Crippen LogP contribution in [0.5, 0.6) is 0 Å². The molecule has 0 aromatic heterocycles. The van der Waals surface area contributed by atoms with Gasteiger partial charge in [0, 0.05) is 15.6 Å². The van der Waals surface area contributed by atoms with Gasteiger partial charge in [0.2, 0.25) is 0 Å². The van der Waals surface area contributed by atoms with Crippen LogP contribution in [-0.2, 0) is 0 Å². The second kappa shape index (κ2) is 5.16. The largest absolute Gasteiger partial charge is 0.289 e. The van der Waals surface area contributed by atoms with E-state index >= 15 is 0 Å². The maximum atomic E-state index is 12.4. The zero-order chi connectivity index (χ0) is 13.1. The molecule has 0 N–H and O–H groups in total. The van der Waals surface area contributed by atoms with Crippen molar-refractivity contribution >= 4 is 21.7 Å². The van der Waals surface area contributed by atoms with Gasteiger partial charge >= 0.3 is 0 Å². The first-order valence-corrected chi connectivity index (χ1v) is 6.23. The van der Waals surface area contributed by atoms with Crippen LogP contribution in [0, 0.1) is 18.3 Å². The summed E-state index contributed by atoms with van der Waals surface area (Å²) in [4.78, 5) is 12.4. The van der Waals surface area contributed by atoms with Crippen LogP contribution in [0.1, 0.15) is 27.0 Å². The van der Waals surface area contributed by atoms with Crippen molar-refractivity contribution in [3.8, 4) is 6.07 Å². The Morgan fingerprint density at radius 1 is 1.17 bits per heavy atom. The maximum Gasteiger partial charge on any atom is 0.194 e. The summed E-state index contributed by atoms with van der Waals surface area (Å²) in [6.45, 7) is 1.84. The van der Waals surface area contributed by atoms with E-state index in [1.165, 1.54) is 0 Å². The van der Waals surface area contributed by atoms with E-state index in [0.29, 0.717) is 16.7 Å². The number of carbonyl (C=O) groups is 1. The molecule has 0 spiro atoms. The van der Waals surface area contributed by atoms with Crippen LogP contribution < -0.4 is 0 Å². The molecule has 0 unspecified atom stereocenters. The Hall–Kier alpha value is -1.92. The molecule has 0 aliphatic carbocycles. The molecule has 0 bridgehead atoms. The summed E-state index contributed by atoms with van der Waals surface area (Å²) in [7, 11) is 0. The van der Waals surface area contributed by atoms with Crippen LogP contribution in [0.25, 0.3) is 0 Å². The van der Waals surface area contributed by atoms with Crippen LogP contribution >= 0.6 is 15.9 Å². The van der Waals surface area contributed by atoms with Gasteiger partial charge in [-0.05, 0) is 42.8 Å². The van der Waals surface area contributed by atoms with Gasteiger partial charge in [0.25, 0.3) is 0 Å². The standard InChI is InChI=1S/C15H10BrNO/c1-10-3-2-4-12(9-17)14(10)15(18)11-5-7-13(16)8-6-11/h2-8H,1H3. The van der Waals surface area contributed by atoms with Crippen LogP contribution in [0.3, 0.4) is 0 Å². The minimum atomic E-state index is -0.114. The first kappa shape index (κ1) is 12.5. The Morgan fingerprint density at radius 3 is 2.44 bits per heavy atom. The van der Waals surface area contributed by atoms with Crippen LogP contribution in [0.2, 0.25) is 0 Å². The summed E-state index contributed by atoms with van der Waals surface area (Å²) in [6.07, 6.45) is 0. The normalized spacial score (nSPS) is 9.83. The number of nitriles is 1. The monoisotopic (exact) mass is 299 g/mol. The molecule has 0 fully saturated rings. The van der Waals surface area contributed by atoms with Gasteiger partial charge in [-0.2, -0.15) is 5.26 Å². The molecule has 0 aliphatic rings. The number of halogens is 1. The molecule has 0 radical (unpaired) electrons. The molecule has 18 heavy (non-hydrogen) atoms. The van der Waals surface area contributed by atoms with Gasteiger partial charge in [-0.1, -0.05) is 28.1 Å². The predicted octanol–water partition coefficient (Wildman–Crippen LogP) is 3.86. The molecule has 0 aliphatic heterocycles. The quantitative estimate of drug-likeness (QED) is 0.790. The molecule has 2 aromatic rings. The fourth-order valence-corrected chi connectivity index (χ4v) is 2.07. The highest BCUT2D eigenvalue weighted by atomic mass is 79.9. The molecule has 0 amide bonds. The van der Waals surface area contributed by atoms with Crippen molar-refractivity contribution in [1.29, 1.82) is 5.26 Å². The minimum Gasteiger partial charge on any atom is -0.289 e. The molecule has 0 atom stereocenters. The van der Waals surface area contributed by atoms with Crippen molar-refractivity contribution in [1.82, 2.24) is 0 Å². The summed E-state index contributed by atoms with van der Waals surface area (Å²) in [5.41, 5.74) is 2.32. The van der Waals surface area contributed by atoms with E-state index in [-0.39, 0.29) is 5.78 Å². The van der Waals surface area contributed by atoms with Crippen molar-refractivity contribution in [2.75, 3.05) is 0 Å². The third-order valence-electron chi connectivity index (χ3n) is 2.73. The second-order valence-electron chi connectivity index (χ2n) is 3.95. The SMILES string of the molecule is Cc1cccc(C#N)c1C(=O)c1ccc(Br)cc1. The molecule has 0 saturated heterocycles. The van der Waals surface area contributed by atoms with E-state index in [4.69, 9.17) is 5.26 Å². The van der Waals surface area contributed by atoms with Crippen molar-refractivity contribution in [3.05, 3.63) is 69.2 Å². The lowest BCUT2D eigenvalue weighted by Crippen LogP contribution is -2.06. The number of ketones is 1. The van der Waals surface area contributed by atoms with Gasteiger partial charge in [0.05, 0.1) is 11.6 Å². The van der Waals surface area contributed by atoms with Gasteiger partial charge in [0.15, 0.2) is 5.78 Å². The summed E-state index contributed by atoms with van der Waals surface area (Å²) in [5, 5.41) is 9.07. The highest BCUT2D eigenvalue weighted by molar-refractivity contribution is 9.10. The molecular formula is C15H10BrNO. The first-order valence-electron chi connectivity index (χ1n) is 5.43. The Kier molecular flexibility index (Phi) is 3.59. The highest BCUT2D eigenvalue weighted by Crippen LogP contribution is 2.19. The van der Waals surface area contributed by atoms with Gasteiger partial charge in [0.1, 0.15) is 0 Å². The maximum absolute atomic E-state index is 12.4. The topological polar surface area (TPSA) is 40.9 Å². The minimum absolute atomic E-state index is 0.114. The average molecular weight is 300 g/mol. The average Bonchev–Trinajstić information content (AvgIpc) is 2.38. The zero-order valence-corrected chi connectivity index (χ0v) is 11.4. The summed E-state index contributed by atoms with van der Waals surface area (Å²) < 4.78 is 0.921. The van der Waals surface area contributed by atoms with E-state index < -0.39 is 0 Å². The lowest BCUT2D eigenvalue weighted by atomic mass is 9.95. The Labute approximate surface area is 114 Å². The fourth-order valence-electron chi connectivity index (χ4n) is 1.81. The van der Waals surface area contributed by atoms with Crippen LogP contribution in [0.15, 0.2) is 46.9 Å². The number of hydrogen-bond acceptors (Lipinski definition) is 2. The molecule has 2 nitrogen and oxygen atoms in total. The summed E-state index contributed by atoms with van der Waals surface area (Å²) >= 11 is 3.33. The lowest BCUT2D eigenvalue weighted by molar-refractivity contribution is 0.103. The van der Waals surface area contributed by atoms with Crippen LogP contribution in [0.4, 0.5) is 0 Å². The van der Waals surface area contributed by atoms with Crippen molar-refractivity contribution in [3.63, 3.8) is 0 Å². The fraction of sp³-hybridized carbons (Fsp3) is 0.0667. The third kappa shape index (κ3) is 2.34. The van der Waals surface area contributed by atoms with Crippen LogP contribution in [-0.4, -0.2) is 5.78 Å². The Morgan fingerprint density at radius 2 is 1.83 bits per heavy atom. The van der Waals surface area contributed by atoms with Gasteiger partial charge in [-0.3, -0.25) is 4.79 Å². The lowest BCUT2D eigenvalue weighted by Gasteiger charge is -2.07. The van der Waals surface area contributed by atoms with E-state index in [1.807, 2.05) is 25.1 Å². The molecule has 2 aromatic carbocycles. The zero-order valence-electron chi connectivity index (χ0n) is 9.77. The van der Waals surface area contributed by atoms with E-state index in [9.17, 15) is 4.79 Å². The predicted molar refractivity (Wildman–Crippen MR) is 73.5 cm³/mol. The third-order valence-corrected chi connectivity index (χ3v) is 3.26. The highest BCUT2D eigenvalue weighted by Gasteiger charge is 2.15. The van der Waals surface area contributed by atoms with Crippen molar-refractivity contribution in [2.24, 2.45) is 0 Å². The van der Waals surface area contributed by atoms with E-state index in [2.05, 4.69) is 22.0 Å². The van der Waals surface area contributed by atoms with Gasteiger partial charge < -0.3 is 0 Å². The number of nitrogens with zero attached hydrogens (tertiary/aromatic N) is 1. The van der Waals surface area contributed by atoms with Crippen molar-refractivity contribution in [2.45, 2.75) is 6.92 Å². The van der Waals surface area contributed by atoms with Crippen molar-refractivity contribution < 1.29 is 4.79 Å².